The number of carbonyl (C=O) groups is 2. The minimum atomic E-state index is -0.695. The number of rotatable bonds is 9. The van der Waals surface area contributed by atoms with Crippen molar-refractivity contribution in [3.63, 3.8) is 0 Å². The number of hydrogen-bond donors (Lipinski definition) is 2. The number of primary amides is 1. The summed E-state index contributed by atoms with van der Waals surface area (Å²) in [5, 5.41) is 7.28. The molecule has 1 amide bonds. The lowest BCUT2D eigenvalue weighted by Gasteiger charge is -2.23. The van der Waals surface area contributed by atoms with Gasteiger partial charge in [0.2, 0.25) is 5.91 Å². The van der Waals surface area contributed by atoms with Gasteiger partial charge in [-0.15, -0.1) is 0 Å². The maximum Gasteiger partial charge on any atom is 0.218 e. The molecule has 0 unspecified atom stereocenters. The lowest BCUT2D eigenvalue weighted by molar-refractivity contribution is -0.118. The van der Waals surface area contributed by atoms with E-state index >= 15 is 4.39 Å². The molecule has 2 aromatic heterocycles. The summed E-state index contributed by atoms with van der Waals surface area (Å²) in [6.45, 7) is 3.67. The molecule has 2 atom stereocenters. The SMILES string of the molecule is CC[C@@H](N[C@@H](C)CC(N)=O)c1ccc(Cl)c(C(=O)c2ccc(-n3cccn3)nc2)c1F. The third-order valence-corrected chi connectivity index (χ3v) is 5.19. The average Bonchev–Trinajstić information content (AvgIpc) is 3.27. The fourth-order valence-electron chi connectivity index (χ4n) is 3.38. The van der Waals surface area contributed by atoms with Crippen molar-refractivity contribution < 1.29 is 14.0 Å². The molecule has 3 aromatic rings. The van der Waals surface area contributed by atoms with E-state index in [4.69, 9.17) is 17.3 Å². The Kier molecular flexibility index (Phi) is 7.14. The van der Waals surface area contributed by atoms with Gasteiger partial charge in [-0.2, -0.15) is 5.10 Å². The van der Waals surface area contributed by atoms with Crippen LogP contribution in [0.3, 0.4) is 0 Å². The van der Waals surface area contributed by atoms with Crippen LogP contribution in [0.15, 0.2) is 48.9 Å². The maximum absolute atomic E-state index is 15.5. The number of ketones is 1. The molecule has 1 aromatic carbocycles. The van der Waals surface area contributed by atoms with E-state index in [-0.39, 0.29) is 28.6 Å². The summed E-state index contributed by atoms with van der Waals surface area (Å²) in [6.07, 6.45) is 5.36. The molecule has 0 aliphatic carbocycles. The van der Waals surface area contributed by atoms with E-state index in [0.717, 1.165) is 0 Å². The van der Waals surface area contributed by atoms with Crippen LogP contribution in [0.25, 0.3) is 5.82 Å². The Morgan fingerprint density at radius 1 is 1.29 bits per heavy atom. The zero-order valence-corrected chi connectivity index (χ0v) is 17.9. The molecule has 0 spiro atoms. The lowest BCUT2D eigenvalue weighted by atomic mass is 9.96. The first-order valence-corrected chi connectivity index (χ1v) is 10.2. The third kappa shape index (κ3) is 5.15. The highest BCUT2D eigenvalue weighted by molar-refractivity contribution is 6.35. The van der Waals surface area contributed by atoms with Gasteiger partial charge in [-0.25, -0.2) is 14.1 Å². The van der Waals surface area contributed by atoms with E-state index in [1.165, 1.54) is 12.3 Å². The van der Waals surface area contributed by atoms with E-state index < -0.39 is 23.5 Å². The van der Waals surface area contributed by atoms with Crippen molar-refractivity contribution in [2.45, 2.75) is 38.8 Å². The molecule has 0 saturated carbocycles. The molecular weight excluding hydrogens is 421 g/mol. The predicted octanol–water partition coefficient (Wildman–Crippen LogP) is 3.60. The number of aromatic nitrogens is 3. The molecule has 0 aliphatic heterocycles. The molecule has 0 fully saturated rings. The summed E-state index contributed by atoms with van der Waals surface area (Å²) < 4.78 is 17.0. The lowest BCUT2D eigenvalue weighted by Crippen LogP contribution is -2.34. The van der Waals surface area contributed by atoms with Gasteiger partial charge in [0.1, 0.15) is 5.82 Å². The number of halogens is 2. The van der Waals surface area contributed by atoms with Gasteiger partial charge in [0.25, 0.3) is 0 Å². The maximum atomic E-state index is 15.5. The van der Waals surface area contributed by atoms with Gasteiger partial charge < -0.3 is 11.1 Å². The first-order chi connectivity index (χ1) is 14.8. The fraction of sp³-hybridized carbons (Fsp3) is 0.273. The Labute approximate surface area is 184 Å². The van der Waals surface area contributed by atoms with Crippen LogP contribution >= 0.6 is 11.6 Å². The van der Waals surface area contributed by atoms with Crippen LogP contribution in [0.1, 0.15) is 54.2 Å². The predicted molar refractivity (Wildman–Crippen MR) is 116 cm³/mol. The van der Waals surface area contributed by atoms with Gasteiger partial charge in [-0.1, -0.05) is 24.6 Å². The van der Waals surface area contributed by atoms with E-state index in [9.17, 15) is 9.59 Å². The van der Waals surface area contributed by atoms with E-state index in [1.807, 2.05) is 6.92 Å². The van der Waals surface area contributed by atoms with Crippen molar-refractivity contribution in [2.24, 2.45) is 5.73 Å². The first kappa shape index (κ1) is 22.6. The van der Waals surface area contributed by atoms with Crippen molar-refractivity contribution in [1.29, 1.82) is 0 Å². The number of carbonyl (C=O) groups excluding carboxylic acids is 2. The Balaban J connectivity index is 1.90. The van der Waals surface area contributed by atoms with Crippen LogP contribution in [0.5, 0.6) is 0 Å². The topological polar surface area (TPSA) is 103 Å². The van der Waals surface area contributed by atoms with Crippen LogP contribution in [0.4, 0.5) is 4.39 Å². The number of nitrogens with one attached hydrogen (secondary N) is 1. The summed E-state index contributed by atoms with van der Waals surface area (Å²) in [4.78, 5) is 28.4. The second kappa shape index (κ2) is 9.80. The highest BCUT2D eigenvalue weighted by Gasteiger charge is 2.25. The Morgan fingerprint density at radius 3 is 2.65 bits per heavy atom. The highest BCUT2D eigenvalue weighted by atomic mass is 35.5. The van der Waals surface area contributed by atoms with E-state index in [2.05, 4.69) is 15.4 Å². The first-order valence-electron chi connectivity index (χ1n) is 9.84. The zero-order chi connectivity index (χ0) is 22.5. The minimum Gasteiger partial charge on any atom is -0.370 e. The molecule has 0 radical (unpaired) electrons. The van der Waals surface area contributed by atoms with E-state index in [0.29, 0.717) is 17.8 Å². The van der Waals surface area contributed by atoms with Gasteiger partial charge in [0.15, 0.2) is 11.6 Å². The number of nitrogens with two attached hydrogens (primary N) is 1. The fourth-order valence-corrected chi connectivity index (χ4v) is 3.61. The van der Waals surface area contributed by atoms with Crippen molar-refractivity contribution in [3.05, 3.63) is 76.5 Å². The number of amides is 1. The molecule has 3 N–H and O–H groups in total. The van der Waals surface area contributed by atoms with Gasteiger partial charge >= 0.3 is 0 Å². The number of benzene rings is 1. The summed E-state index contributed by atoms with van der Waals surface area (Å²) in [6, 6.07) is 7.31. The normalized spacial score (nSPS) is 13.0. The summed E-state index contributed by atoms with van der Waals surface area (Å²) in [5.41, 5.74) is 5.53. The molecule has 9 heteroatoms. The van der Waals surface area contributed by atoms with Crippen LogP contribution in [-0.4, -0.2) is 32.5 Å². The van der Waals surface area contributed by atoms with Gasteiger partial charge in [-0.05, 0) is 37.6 Å². The average molecular weight is 444 g/mol. The van der Waals surface area contributed by atoms with Crippen LogP contribution in [-0.2, 0) is 4.79 Å². The standard InChI is InChI=1S/C22H23ClFN5O2/c1-3-17(28-13(2)11-18(25)30)15-6-7-16(23)20(21(15)24)22(31)14-5-8-19(26-12-14)29-10-4-9-27-29/h4-10,12-13,17,28H,3,11H2,1-2H3,(H2,25,30)/t13-,17+/m0/s1. The largest absolute Gasteiger partial charge is 0.370 e. The van der Waals surface area contributed by atoms with Gasteiger partial charge in [0.05, 0.1) is 10.6 Å². The molecule has 3 rings (SSSR count). The van der Waals surface area contributed by atoms with Crippen molar-refractivity contribution in [3.8, 4) is 5.82 Å². The molecule has 0 bridgehead atoms. The second-order valence-corrected chi connectivity index (χ2v) is 7.62. The van der Waals surface area contributed by atoms with Crippen LogP contribution in [0, 0.1) is 5.82 Å². The number of nitrogens with zero attached hydrogens (tertiary/aromatic N) is 3. The highest BCUT2D eigenvalue weighted by Crippen LogP contribution is 2.30. The van der Waals surface area contributed by atoms with Crippen LogP contribution in [0.2, 0.25) is 5.02 Å². The molecule has 2 heterocycles. The molecule has 0 aliphatic rings. The van der Waals surface area contributed by atoms with Crippen molar-refractivity contribution >= 4 is 23.3 Å². The number of hydrogen-bond acceptors (Lipinski definition) is 5. The molecule has 162 valence electrons. The smallest absolute Gasteiger partial charge is 0.218 e. The molecular formula is C22H23ClFN5O2. The molecule has 7 nitrogen and oxygen atoms in total. The van der Waals surface area contributed by atoms with Crippen molar-refractivity contribution in [2.75, 3.05) is 0 Å². The van der Waals surface area contributed by atoms with Crippen molar-refractivity contribution in [1.82, 2.24) is 20.1 Å². The zero-order valence-electron chi connectivity index (χ0n) is 17.2. The molecule has 0 saturated heterocycles. The van der Waals surface area contributed by atoms with Gasteiger partial charge in [0, 0.05) is 48.2 Å². The Morgan fingerprint density at radius 2 is 2.06 bits per heavy atom. The third-order valence-electron chi connectivity index (χ3n) is 4.87. The summed E-state index contributed by atoms with van der Waals surface area (Å²) in [7, 11) is 0. The van der Waals surface area contributed by atoms with Gasteiger partial charge in [-0.3, -0.25) is 9.59 Å². The van der Waals surface area contributed by atoms with E-state index in [1.54, 1.807) is 48.3 Å². The Bertz CT molecular complexity index is 1070. The Hall–Kier alpha value is -3.10. The minimum absolute atomic E-state index is 0.0161. The second-order valence-electron chi connectivity index (χ2n) is 7.21. The molecule has 31 heavy (non-hydrogen) atoms. The summed E-state index contributed by atoms with van der Waals surface area (Å²) >= 11 is 6.20. The quantitative estimate of drug-likeness (QED) is 0.492. The summed E-state index contributed by atoms with van der Waals surface area (Å²) in [5.74, 6) is -1.18. The number of pyridine rings is 1. The van der Waals surface area contributed by atoms with Crippen LogP contribution < -0.4 is 11.1 Å². The monoisotopic (exact) mass is 443 g/mol.